The van der Waals surface area contributed by atoms with E-state index in [0.717, 1.165) is 0 Å². The van der Waals surface area contributed by atoms with Crippen LogP contribution in [-0.2, 0) is 19.1 Å². The van der Waals surface area contributed by atoms with Crippen LogP contribution < -0.4 is 0 Å². The monoisotopic (exact) mass is 212 g/mol. The van der Waals surface area contributed by atoms with Gasteiger partial charge in [-0.3, -0.25) is 4.79 Å². The van der Waals surface area contributed by atoms with Crippen molar-refractivity contribution in [3.8, 4) is 0 Å². The fourth-order valence-corrected chi connectivity index (χ4v) is 1.38. The molecule has 0 aliphatic carbocycles. The Morgan fingerprint density at radius 1 is 1.67 bits per heavy atom. The number of cyclic esters (lactones) is 1. The lowest BCUT2D eigenvalue weighted by atomic mass is 9.83. The third-order valence-electron chi connectivity index (χ3n) is 2.85. The molecular formula is C11H16O4. The van der Waals surface area contributed by atoms with Crippen LogP contribution in [0.3, 0.4) is 0 Å². The Bertz CT molecular complexity index is 308. The fourth-order valence-electron chi connectivity index (χ4n) is 1.38. The molecule has 0 saturated carbocycles. The van der Waals surface area contributed by atoms with Crippen molar-refractivity contribution in [3.05, 3.63) is 12.2 Å². The van der Waals surface area contributed by atoms with E-state index >= 15 is 0 Å². The van der Waals surface area contributed by atoms with Crippen molar-refractivity contribution < 1.29 is 19.1 Å². The highest BCUT2D eigenvalue weighted by Gasteiger charge is 2.46. The van der Waals surface area contributed by atoms with Gasteiger partial charge >= 0.3 is 11.9 Å². The van der Waals surface area contributed by atoms with E-state index in [9.17, 15) is 9.59 Å². The average Bonchev–Trinajstić information content (AvgIpc) is 2.48. The number of hydrogen-bond donors (Lipinski definition) is 0. The van der Waals surface area contributed by atoms with Gasteiger partial charge in [-0.15, -0.1) is 0 Å². The molecule has 15 heavy (non-hydrogen) atoms. The molecule has 0 aromatic carbocycles. The largest absolute Gasteiger partial charge is 0.465 e. The Morgan fingerprint density at radius 2 is 2.27 bits per heavy atom. The maximum atomic E-state index is 11.5. The van der Waals surface area contributed by atoms with Gasteiger partial charge in [0.15, 0.2) is 0 Å². The molecule has 1 aliphatic rings. The molecule has 1 saturated heterocycles. The Balaban J connectivity index is 2.68. The second-order valence-electron chi connectivity index (χ2n) is 4.13. The van der Waals surface area contributed by atoms with Crippen LogP contribution in [0, 0.1) is 5.41 Å². The zero-order valence-corrected chi connectivity index (χ0v) is 9.33. The molecule has 1 unspecified atom stereocenters. The molecule has 1 rings (SSSR count). The lowest BCUT2D eigenvalue weighted by molar-refractivity contribution is -0.159. The van der Waals surface area contributed by atoms with Crippen molar-refractivity contribution in [2.24, 2.45) is 5.41 Å². The summed E-state index contributed by atoms with van der Waals surface area (Å²) in [7, 11) is 0. The number of ether oxygens (including phenoxy) is 2. The SMILES string of the molecule is C=C(C)C(=O)OC(C)[C@@]1(C)CCOC1=O. The van der Waals surface area contributed by atoms with E-state index in [-0.39, 0.29) is 5.97 Å². The summed E-state index contributed by atoms with van der Waals surface area (Å²) in [6.45, 7) is 8.90. The summed E-state index contributed by atoms with van der Waals surface area (Å²) in [5.41, 5.74) is -0.387. The molecule has 84 valence electrons. The molecule has 0 amide bonds. The Kier molecular flexibility index (Phi) is 3.17. The second-order valence-corrected chi connectivity index (χ2v) is 4.13. The predicted molar refractivity (Wildman–Crippen MR) is 54.1 cm³/mol. The summed E-state index contributed by atoms with van der Waals surface area (Å²) >= 11 is 0. The van der Waals surface area contributed by atoms with E-state index in [4.69, 9.17) is 9.47 Å². The van der Waals surface area contributed by atoms with Crippen LogP contribution in [-0.4, -0.2) is 24.6 Å². The Hall–Kier alpha value is -1.32. The first-order chi connectivity index (χ1) is 6.88. The number of carbonyl (C=O) groups is 2. The van der Waals surface area contributed by atoms with Crippen molar-refractivity contribution in [1.29, 1.82) is 0 Å². The normalized spacial score (nSPS) is 27.0. The minimum atomic E-state index is -0.717. The Labute approximate surface area is 89.2 Å². The molecular weight excluding hydrogens is 196 g/mol. The molecule has 4 heteroatoms. The summed E-state index contributed by atoms with van der Waals surface area (Å²) in [5.74, 6) is -0.770. The highest BCUT2D eigenvalue weighted by atomic mass is 16.6. The maximum absolute atomic E-state index is 11.5. The molecule has 0 bridgehead atoms. The lowest BCUT2D eigenvalue weighted by Crippen LogP contribution is -2.37. The highest BCUT2D eigenvalue weighted by Crippen LogP contribution is 2.34. The van der Waals surface area contributed by atoms with Crippen molar-refractivity contribution in [1.82, 2.24) is 0 Å². The quantitative estimate of drug-likeness (QED) is 0.525. The van der Waals surface area contributed by atoms with Crippen molar-refractivity contribution in [2.45, 2.75) is 33.3 Å². The van der Waals surface area contributed by atoms with Gasteiger partial charge in [0.05, 0.1) is 6.61 Å². The molecule has 1 fully saturated rings. The van der Waals surface area contributed by atoms with Crippen molar-refractivity contribution >= 4 is 11.9 Å². The number of esters is 2. The minimum absolute atomic E-state index is 0.301. The molecule has 4 nitrogen and oxygen atoms in total. The molecule has 2 atom stereocenters. The van der Waals surface area contributed by atoms with Gasteiger partial charge in [-0.1, -0.05) is 6.58 Å². The van der Waals surface area contributed by atoms with E-state index < -0.39 is 17.5 Å². The molecule has 0 aromatic heterocycles. The van der Waals surface area contributed by atoms with E-state index in [1.54, 1.807) is 20.8 Å². The minimum Gasteiger partial charge on any atom is -0.465 e. The van der Waals surface area contributed by atoms with Crippen LogP contribution in [0.25, 0.3) is 0 Å². The van der Waals surface area contributed by atoms with E-state index in [1.165, 1.54) is 0 Å². The summed E-state index contributed by atoms with van der Waals surface area (Å²) in [4.78, 5) is 22.7. The van der Waals surface area contributed by atoms with Crippen LogP contribution in [0.4, 0.5) is 0 Å². The first kappa shape index (κ1) is 11.8. The van der Waals surface area contributed by atoms with Crippen LogP contribution in [0.2, 0.25) is 0 Å². The van der Waals surface area contributed by atoms with Crippen LogP contribution in [0.15, 0.2) is 12.2 Å². The Morgan fingerprint density at radius 3 is 2.67 bits per heavy atom. The van der Waals surface area contributed by atoms with Gasteiger partial charge in [0.1, 0.15) is 11.5 Å². The smallest absolute Gasteiger partial charge is 0.333 e. The standard InChI is InChI=1S/C11H16O4/c1-7(2)9(12)15-8(3)11(4)5-6-14-10(11)13/h8H,1,5-6H2,2-4H3/t8?,11-/m1/s1. The van der Waals surface area contributed by atoms with Gasteiger partial charge in [-0.2, -0.15) is 0 Å². The summed E-state index contributed by atoms with van der Waals surface area (Å²) < 4.78 is 10.0. The van der Waals surface area contributed by atoms with Crippen LogP contribution in [0.5, 0.6) is 0 Å². The second kappa shape index (κ2) is 4.04. The average molecular weight is 212 g/mol. The molecule has 1 heterocycles. The number of carbonyl (C=O) groups excluding carboxylic acids is 2. The van der Waals surface area contributed by atoms with Crippen LogP contribution >= 0.6 is 0 Å². The molecule has 1 aliphatic heterocycles. The molecule has 0 radical (unpaired) electrons. The van der Waals surface area contributed by atoms with Gasteiger partial charge in [0.2, 0.25) is 0 Å². The number of rotatable bonds is 3. The van der Waals surface area contributed by atoms with E-state index in [1.807, 2.05) is 0 Å². The predicted octanol–water partition coefficient (Wildman–Crippen LogP) is 1.45. The third-order valence-corrected chi connectivity index (χ3v) is 2.85. The van der Waals surface area contributed by atoms with Crippen molar-refractivity contribution in [3.63, 3.8) is 0 Å². The fraction of sp³-hybridized carbons (Fsp3) is 0.636. The molecule has 0 aromatic rings. The van der Waals surface area contributed by atoms with Crippen molar-refractivity contribution in [2.75, 3.05) is 6.61 Å². The third kappa shape index (κ3) is 2.19. The topological polar surface area (TPSA) is 52.6 Å². The molecule has 0 N–H and O–H groups in total. The van der Waals surface area contributed by atoms with Gasteiger partial charge in [0, 0.05) is 12.0 Å². The first-order valence-electron chi connectivity index (χ1n) is 4.91. The van der Waals surface area contributed by atoms with E-state index in [0.29, 0.717) is 18.6 Å². The van der Waals surface area contributed by atoms with E-state index in [2.05, 4.69) is 6.58 Å². The first-order valence-corrected chi connectivity index (χ1v) is 4.91. The van der Waals surface area contributed by atoms with Gasteiger partial charge in [-0.05, 0) is 20.8 Å². The lowest BCUT2D eigenvalue weighted by Gasteiger charge is -2.26. The zero-order valence-electron chi connectivity index (χ0n) is 9.33. The van der Waals surface area contributed by atoms with Crippen LogP contribution in [0.1, 0.15) is 27.2 Å². The van der Waals surface area contributed by atoms with Gasteiger partial charge < -0.3 is 9.47 Å². The molecule has 0 spiro atoms. The zero-order chi connectivity index (χ0) is 11.6. The highest BCUT2D eigenvalue weighted by molar-refractivity contribution is 5.87. The van der Waals surface area contributed by atoms with Gasteiger partial charge in [0.25, 0.3) is 0 Å². The summed E-state index contributed by atoms with van der Waals surface area (Å²) in [5, 5.41) is 0. The number of hydrogen-bond acceptors (Lipinski definition) is 4. The summed E-state index contributed by atoms with van der Waals surface area (Å²) in [6, 6.07) is 0. The summed E-state index contributed by atoms with van der Waals surface area (Å²) in [6.07, 6.45) is 0.0907. The maximum Gasteiger partial charge on any atom is 0.333 e. The van der Waals surface area contributed by atoms with Gasteiger partial charge in [-0.25, -0.2) is 4.79 Å².